The van der Waals surface area contributed by atoms with Crippen molar-refractivity contribution in [2.45, 2.75) is 25.8 Å². The Bertz CT molecular complexity index is 475. The van der Waals surface area contributed by atoms with Crippen molar-refractivity contribution in [3.05, 3.63) is 47.5 Å². The average Bonchev–Trinajstić information content (AvgIpc) is 2.58. The van der Waals surface area contributed by atoms with Crippen molar-refractivity contribution in [2.75, 3.05) is 0 Å². The van der Waals surface area contributed by atoms with Crippen LogP contribution in [0.25, 0.3) is 0 Å². The Morgan fingerprint density at radius 2 is 2.00 bits per heavy atom. The van der Waals surface area contributed by atoms with Crippen LogP contribution < -0.4 is 5.73 Å². The second-order valence-corrected chi connectivity index (χ2v) is 4.42. The molecule has 0 aliphatic carbocycles. The molecule has 4 heteroatoms. The van der Waals surface area contributed by atoms with E-state index in [-0.39, 0.29) is 6.04 Å². The topological polar surface area (TPSA) is 56.7 Å². The minimum absolute atomic E-state index is 0.118. The largest absolute Gasteiger partial charge is 0.327 e. The Morgan fingerprint density at radius 1 is 1.29 bits per heavy atom. The van der Waals surface area contributed by atoms with E-state index in [1.165, 1.54) is 11.3 Å². The number of nitrogens with two attached hydrogens (primary N) is 1. The van der Waals surface area contributed by atoms with Gasteiger partial charge in [-0.3, -0.25) is 9.67 Å². The third-order valence-corrected chi connectivity index (χ3v) is 2.82. The first-order valence-corrected chi connectivity index (χ1v) is 5.79. The van der Waals surface area contributed by atoms with E-state index in [1.54, 1.807) is 12.4 Å². The molecule has 0 radical (unpaired) electrons. The molecule has 0 spiro atoms. The lowest BCUT2D eigenvalue weighted by atomic mass is 10.0. The Hall–Kier alpha value is -1.68. The van der Waals surface area contributed by atoms with Gasteiger partial charge in [0.15, 0.2) is 0 Å². The molecule has 90 valence electrons. The number of pyridine rings is 1. The van der Waals surface area contributed by atoms with Crippen LogP contribution in [0.5, 0.6) is 0 Å². The van der Waals surface area contributed by atoms with Gasteiger partial charge in [0.1, 0.15) is 0 Å². The summed E-state index contributed by atoms with van der Waals surface area (Å²) in [6.07, 6.45) is 5.32. The molecule has 2 aromatic heterocycles. The van der Waals surface area contributed by atoms with Crippen molar-refractivity contribution in [1.82, 2.24) is 14.8 Å². The Labute approximate surface area is 101 Å². The van der Waals surface area contributed by atoms with Crippen LogP contribution in [0.1, 0.15) is 17.0 Å². The summed E-state index contributed by atoms with van der Waals surface area (Å²) < 4.78 is 1.90. The van der Waals surface area contributed by atoms with E-state index in [1.807, 2.05) is 30.8 Å². The minimum atomic E-state index is 0.118. The molecule has 0 amide bonds. The van der Waals surface area contributed by atoms with Crippen molar-refractivity contribution < 1.29 is 0 Å². The fourth-order valence-corrected chi connectivity index (χ4v) is 2.02. The SMILES string of the molecule is Cc1cc(CC(N)Cc2ccncc2)n(C)n1. The summed E-state index contributed by atoms with van der Waals surface area (Å²) in [6.45, 7) is 2.00. The molecule has 2 heterocycles. The summed E-state index contributed by atoms with van der Waals surface area (Å²) >= 11 is 0. The minimum Gasteiger partial charge on any atom is -0.327 e. The van der Waals surface area contributed by atoms with E-state index in [0.29, 0.717) is 0 Å². The van der Waals surface area contributed by atoms with Crippen LogP contribution in [0.3, 0.4) is 0 Å². The molecule has 0 aliphatic rings. The standard InChI is InChI=1S/C13H18N4/c1-10-7-13(17(2)16-10)9-12(14)8-11-3-5-15-6-4-11/h3-7,12H,8-9,14H2,1-2H3. The fourth-order valence-electron chi connectivity index (χ4n) is 2.02. The lowest BCUT2D eigenvalue weighted by molar-refractivity contribution is 0.612. The fraction of sp³-hybridized carbons (Fsp3) is 0.385. The summed E-state index contributed by atoms with van der Waals surface area (Å²) in [4.78, 5) is 4.00. The maximum Gasteiger partial charge on any atom is 0.0596 e. The van der Waals surface area contributed by atoms with E-state index >= 15 is 0 Å². The summed E-state index contributed by atoms with van der Waals surface area (Å²) in [7, 11) is 1.96. The van der Waals surface area contributed by atoms with E-state index in [0.717, 1.165) is 18.5 Å². The van der Waals surface area contributed by atoms with E-state index in [9.17, 15) is 0 Å². The molecule has 1 unspecified atom stereocenters. The van der Waals surface area contributed by atoms with Gasteiger partial charge in [0.05, 0.1) is 5.69 Å². The van der Waals surface area contributed by atoms with Gasteiger partial charge >= 0.3 is 0 Å². The Kier molecular flexibility index (Phi) is 3.54. The molecule has 2 rings (SSSR count). The quantitative estimate of drug-likeness (QED) is 0.859. The second-order valence-electron chi connectivity index (χ2n) is 4.42. The molecule has 0 aliphatic heterocycles. The number of aryl methyl sites for hydroxylation is 2. The highest BCUT2D eigenvalue weighted by Gasteiger charge is 2.09. The maximum atomic E-state index is 6.15. The Morgan fingerprint density at radius 3 is 2.59 bits per heavy atom. The van der Waals surface area contributed by atoms with Crippen LogP contribution in [0, 0.1) is 6.92 Å². The third kappa shape index (κ3) is 3.14. The molecule has 2 aromatic rings. The van der Waals surface area contributed by atoms with Crippen molar-refractivity contribution >= 4 is 0 Å². The molecule has 2 N–H and O–H groups in total. The number of hydrogen-bond acceptors (Lipinski definition) is 3. The molecule has 4 nitrogen and oxygen atoms in total. The number of nitrogens with zero attached hydrogens (tertiary/aromatic N) is 3. The zero-order valence-corrected chi connectivity index (χ0v) is 10.3. The van der Waals surface area contributed by atoms with Gasteiger partial charge in [-0.25, -0.2) is 0 Å². The molecule has 0 fully saturated rings. The Balaban J connectivity index is 1.98. The van der Waals surface area contributed by atoms with Crippen LogP contribution in [-0.4, -0.2) is 20.8 Å². The molecular weight excluding hydrogens is 212 g/mol. The van der Waals surface area contributed by atoms with Gasteiger partial charge in [-0.1, -0.05) is 0 Å². The summed E-state index contributed by atoms with van der Waals surface area (Å²) in [5.41, 5.74) is 9.61. The van der Waals surface area contributed by atoms with Crippen LogP contribution in [0.15, 0.2) is 30.6 Å². The zero-order chi connectivity index (χ0) is 12.3. The normalized spacial score (nSPS) is 12.6. The highest BCUT2D eigenvalue weighted by Crippen LogP contribution is 2.08. The van der Waals surface area contributed by atoms with Gasteiger partial charge in [0, 0.05) is 37.6 Å². The van der Waals surface area contributed by atoms with Gasteiger partial charge < -0.3 is 5.73 Å². The number of rotatable bonds is 4. The number of hydrogen-bond donors (Lipinski definition) is 1. The van der Waals surface area contributed by atoms with Crippen molar-refractivity contribution in [3.63, 3.8) is 0 Å². The van der Waals surface area contributed by atoms with Crippen LogP contribution >= 0.6 is 0 Å². The maximum absolute atomic E-state index is 6.15. The predicted octanol–water partition coefficient (Wildman–Crippen LogP) is 1.24. The zero-order valence-electron chi connectivity index (χ0n) is 10.3. The van der Waals surface area contributed by atoms with Gasteiger partial charge in [-0.05, 0) is 37.1 Å². The third-order valence-electron chi connectivity index (χ3n) is 2.82. The van der Waals surface area contributed by atoms with Gasteiger partial charge in [0.25, 0.3) is 0 Å². The van der Waals surface area contributed by atoms with Crippen LogP contribution in [0.4, 0.5) is 0 Å². The number of aromatic nitrogens is 3. The molecule has 0 saturated heterocycles. The van der Waals surface area contributed by atoms with Crippen LogP contribution in [0.2, 0.25) is 0 Å². The first-order valence-electron chi connectivity index (χ1n) is 5.79. The monoisotopic (exact) mass is 230 g/mol. The average molecular weight is 230 g/mol. The molecule has 0 aromatic carbocycles. The first-order chi connectivity index (χ1) is 8.15. The molecular formula is C13H18N4. The van der Waals surface area contributed by atoms with E-state index in [2.05, 4.69) is 16.1 Å². The lowest BCUT2D eigenvalue weighted by Crippen LogP contribution is -2.26. The van der Waals surface area contributed by atoms with Crippen molar-refractivity contribution in [1.29, 1.82) is 0 Å². The molecule has 0 bridgehead atoms. The van der Waals surface area contributed by atoms with Gasteiger partial charge in [0.2, 0.25) is 0 Å². The predicted molar refractivity (Wildman–Crippen MR) is 67.6 cm³/mol. The van der Waals surface area contributed by atoms with E-state index in [4.69, 9.17) is 5.73 Å². The molecule has 17 heavy (non-hydrogen) atoms. The second kappa shape index (κ2) is 5.10. The van der Waals surface area contributed by atoms with Gasteiger partial charge in [-0.15, -0.1) is 0 Å². The lowest BCUT2D eigenvalue weighted by Gasteiger charge is -2.11. The van der Waals surface area contributed by atoms with E-state index < -0.39 is 0 Å². The summed E-state index contributed by atoms with van der Waals surface area (Å²) in [5.74, 6) is 0. The van der Waals surface area contributed by atoms with Crippen molar-refractivity contribution in [2.24, 2.45) is 12.8 Å². The van der Waals surface area contributed by atoms with Crippen molar-refractivity contribution in [3.8, 4) is 0 Å². The molecule has 1 atom stereocenters. The first kappa shape index (κ1) is 11.8. The highest BCUT2D eigenvalue weighted by molar-refractivity contribution is 5.14. The highest BCUT2D eigenvalue weighted by atomic mass is 15.3. The van der Waals surface area contributed by atoms with Gasteiger partial charge in [-0.2, -0.15) is 5.10 Å². The summed E-state index contributed by atoms with van der Waals surface area (Å²) in [5, 5.41) is 4.32. The van der Waals surface area contributed by atoms with Crippen LogP contribution in [-0.2, 0) is 19.9 Å². The summed E-state index contributed by atoms with van der Waals surface area (Å²) in [6, 6.07) is 6.22. The molecule has 0 saturated carbocycles. The smallest absolute Gasteiger partial charge is 0.0596 e.